The minimum absolute atomic E-state index is 0. The molecule has 18 heavy (non-hydrogen) atoms. The van der Waals surface area contributed by atoms with Crippen molar-refractivity contribution >= 4 is 12.4 Å². The average Bonchev–Trinajstić information content (AvgIpc) is 2.74. The molecule has 1 aliphatic heterocycles. The summed E-state index contributed by atoms with van der Waals surface area (Å²) in [5.41, 5.74) is 0. The molecule has 0 saturated carbocycles. The summed E-state index contributed by atoms with van der Waals surface area (Å²) in [5.74, 6) is 2.07. The Morgan fingerprint density at radius 1 is 1.44 bits per heavy atom. The Kier molecular flexibility index (Phi) is 6.68. The molecule has 0 aromatic carbocycles. The highest BCUT2D eigenvalue weighted by Gasteiger charge is 2.13. The van der Waals surface area contributed by atoms with Gasteiger partial charge in [-0.05, 0) is 51.9 Å². The van der Waals surface area contributed by atoms with Crippen LogP contribution in [0.1, 0.15) is 25.1 Å². The minimum Gasteiger partial charge on any atom is -0.337 e. The molecule has 0 atom stereocenters. The Bertz CT molecular complexity index is 333. The molecule has 2 heterocycles. The highest BCUT2D eigenvalue weighted by molar-refractivity contribution is 5.85. The highest BCUT2D eigenvalue weighted by Crippen LogP contribution is 2.16. The molecule has 0 bridgehead atoms. The largest absolute Gasteiger partial charge is 0.337 e. The van der Waals surface area contributed by atoms with E-state index in [0.717, 1.165) is 18.3 Å². The summed E-state index contributed by atoms with van der Waals surface area (Å²) in [7, 11) is 4.25. The number of rotatable bonds is 5. The highest BCUT2D eigenvalue weighted by atomic mass is 35.5. The van der Waals surface area contributed by atoms with E-state index in [2.05, 4.69) is 33.9 Å². The third-order valence-corrected chi connectivity index (χ3v) is 3.71. The van der Waals surface area contributed by atoms with Gasteiger partial charge < -0.3 is 9.88 Å². The second-order valence-electron chi connectivity index (χ2n) is 5.17. The van der Waals surface area contributed by atoms with Gasteiger partial charge in [-0.1, -0.05) is 0 Å². The Hall–Kier alpha value is -0.580. The molecule has 104 valence electrons. The number of hydrogen-bond acceptors (Lipinski definition) is 3. The van der Waals surface area contributed by atoms with E-state index in [1.165, 1.54) is 38.9 Å². The van der Waals surface area contributed by atoms with Gasteiger partial charge in [-0.2, -0.15) is 0 Å². The van der Waals surface area contributed by atoms with Crippen LogP contribution >= 0.6 is 12.4 Å². The number of imidazole rings is 1. The maximum Gasteiger partial charge on any atom is 0.122 e. The Morgan fingerprint density at radius 2 is 2.17 bits per heavy atom. The van der Waals surface area contributed by atoms with Crippen LogP contribution < -0.4 is 5.32 Å². The summed E-state index contributed by atoms with van der Waals surface area (Å²) in [6.07, 6.45) is 7.89. The molecule has 0 amide bonds. The lowest BCUT2D eigenvalue weighted by Crippen LogP contribution is -2.30. The van der Waals surface area contributed by atoms with E-state index in [4.69, 9.17) is 0 Å². The lowest BCUT2D eigenvalue weighted by molar-refractivity contribution is 0.260. The van der Waals surface area contributed by atoms with Gasteiger partial charge in [0.1, 0.15) is 5.82 Å². The standard InChI is InChI=1S/C13H24N4.ClH/c1-16(11-13-15-8-10-17(13)2)9-5-12-3-6-14-7-4-12;/h8,10,12,14H,3-7,9,11H2,1-2H3;1H. The first-order valence-corrected chi connectivity index (χ1v) is 6.61. The number of nitrogens with zero attached hydrogens (tertiary/aromatic N) is 3. The summed E-state index contributed by atoms with van der Waals surface area (Å²) >= 11 is 0. The summed E-state index contributed by atoms with van der Waals surface area (Å²) in [4.78, 5) is 6.74. The molecule has 1 aromatic rings. The number of aryl methyl sites for hydroxylation is 1. The third kappa shape index (κ3) is 4.59. The van der Waals surface area contributed by atoms with Gasteiger partial charge in [0, 0.05) is 19.4 Å². The molecule has 1 aliphatic rings. The zero-order chi connectivity index (χ0) is 12.1. The predicted octanol–water partition coefficient (Wildman–Crippen LogP) is 1.66. The van der Waals surface area contributed by atoms with Crippen LogP contribution in [0.3, 0.4) is 0 Å². The van der Waals surface area contributed by atoms with E-state index in [1.54, 1.807) is 0 Å². The van der Waals surface area contributed by atoms with E-state index < -0.39 is 0 Å². The number of halogens is 1. The van der Waals surface area contributed by atoms with Crippen molar-refractivity contribution in [3.05, 3.63) is 18.2 Å². The van der Waals surface area contributed by atoms with Gasteiger partial charge in [-0.15, -0.1) is 12.4 Å². The zero-order valence-electron chi connectivity index (χ0n) is 11.4. The van der Waals surface area contributed by atoms with Crippen LogP contribution in [0.25, 0.3) is 0 Å². The number of hydrogen-bond donors (Lipinski definition) is 1. The molecule has 1 fully saturated rings. The third-order valence-electron chi connectivity index (χ3n) is 3.71. The molecular formula is C13H25ClN4. The fraction of sp³-hybridized carbons (Fsp3) is 0.769. The molecular weight excluding hydrogens is 248 g/mol. The number of nitrogens with one attached hydrogen (secondary N) is 1. The van der Waals surface area contributed by atoms with Crippen molar-refractivity contribution < 1.29 is 0 Å². The van der Waals surface area contributed by atoms with Gasteiger partial charge in [0.25, 0.3) is 0 Å². The van der Waals surface area contributed by atoms with Crippen LogP contribution in [0, 0.1) is 5.92 Å². The number of aromatic nitrogens is 2. The van der Waals surface area contributed by atoms with Gasteiger partial charge >= 0.3 is 0 Å². The summed E-state index contributed by atoms with van der Waals surface area (Å²) < 4.78 is 2.10. The maximum atomic E-state index is 4.36. The van der Waals surface area contributed by atoms with Crippen LogP contribution in [0.4, 0.5) is 0 Å². The van der Waals surface area contributed by atoms with E-state index >= 15 is 0 Å². The van der Waals surface area contributed by atoms with Crippen LogP contribution in [0.2, 0.25) is 0 Å². The molecule has 4 nitrogen and oxygen atoms in total. The molecule has 2 rings (SSSR count). The first-order valence-electron chi connectivity index (χ1n) is 6.61. The van der Waals surface area contributed by atoms with E-state index in [0.29, 0.717) is 0 Å². The van der Waals surface area contributed by atoms with E-state index in [9.17, 15) is 0 Å². The Morgan fingerprint density at radius 3 is 2.78 bits per heavy atom. The van der Waals surface area contributed by atoms with Gasteiger partial charge in [0.05, 0.1) is 6.54 Å². The van der Waals surface area contributed by atoms with Gasteiger partial charge in [-0.25, -0.2) is 4.98 Å². The topological polar surface area (TPSA) is 33.1 Å². The first-order chi connectivity index (χ1) is 8.25. The maximum absolute atomic E-state index is 4.36. The van der Waals surface area contributed by atoms with Crippen LogP contribution in [0.5, 0.6) is 0 Å². The van der Waals surface area contributed by atoms with Crippen LogP contribution in [0.15, 0.2) is 12.4 Å². The number of piperidine rings is 1. The summed E-state index contributed by atoms with van der Waals surface area (Å²) in [6, 6.07) is 0. The molecule has 0 unspecified atom stereocenters. The lowest BCUT2D eigenvalue weighted by Gasteiger charge is -2.25. The van der Waals surface area contributed by atoms with Crippen LogP contribution in [-0.2, 0) is 13.6 Å². The molecule has 0 radical (unpaired) electrons. The quantitative estimate of drug-likeness (QED) is 0.885. The second-order valence-corrected chi connectivity index (χ2v) is 5.17. The predicted molar refractivity (Wildman–Crippen MR) is 77.0 cm³/mol. The molecule has 5 heteroatoms. The minimum atomic E-state index is 0. The zero-order valence-corrected chi connectivity index (χ0v) is 12.2. The fourth-order valence-electron chi connectivity index (χ4n) is 2.44. The average molecular weight is 273 g/mol. The van der Waals surface area contributed by atoms with Crippen molar-refractivity contribution in [3.63, 3.8) is 0 Å². The van der Waals surface area contributed by atoms with Gasteiger partial charge in [-0.3, -0.25) is 4.90 Å². The first kappa shape index (κ1) is 15.5. The van der Waals surface area contributed by atoms with Crippen molar-refractivity contribution in [3.8, 4) is 0 Å². The fourth-order valence-corrected chi connectivity index (χ4v) is 2.44. The lowest BCUT2D eigenvalue weighted by atomic mass is 9.94. The van der Waals surface area contributed by atoms with Crippen molar-refractivity contribution in [2.24, 2.45) is 13.0 Å². The van der Waals surface area contributed by atoms with Crippen LogP contribution in [-0.4, -0.2) is 41.1 Å². The van der Waals surface area contributed by atoms with Crippen molar-refractivity contribution in [2.75, 3.05) is 26.7 Å². The Balaban J connectivity index is 0.00000162. The monoisotopic (exact) mass is 272 g/mol. The second kappa shape index (κ2) is 7.77. The Labute approximate surface area is 116 Å². The van der Waals surface area contributed by atoms with Crippen molar-refractivity contribution in [2.45, 2.75) is 25.8 Å². The molecule has 0 spiro atoms. The molecule has 1 aromatic heterocycles. The molecule has 0 aliphatic carbocycles. The van der Waals surface area contributed by atoms with E-state index in [1.807, 2.05) is 12.4 Å². The van der Waals surface area contributed by atoms with Gasteiger partial charge in [0.2, 0.25) is 0 Å². The van der Waals surface area contributed by atoms with Gasteiger partial charge in [0.15, 0.2) is 0 Å². The summed E-state index contributed by atoms with van der Waals surface area (Å²) in [5, 5.41) is 3.42. The normalized spacial score (nSPS) is 16.8. The SMILES string of the molecule is CN(CCC1CCNCC1)Cc1nccn1C.Cl. The molecule has 1 N–H and O–H groups in total. The van der Waals surface area contributed by atoms with Crippen molar-refractivity contribution in [1.82, 2.24) is 19.8 Å². The smallest absolute Gasteiger partial charge is 0.122 e. The summed E-state index contributed by atoms with van der Waals surface area (Å²) in [6.45, 7) is 4.54. The van der Waals surface area contributed by atoms with E-state index in [-0.39, 0.29) is 12.4 Å². The molecule has 1 saturated heterocycles. The van der Waals surface area contributed by atoms with Crippen molar-refractivity contribution in [1.29, 1.82) is 0 Å².